The van der Waals surface area contributed by atoms with E-state index in [0.717, 1.165) is 0 Å². The second-order valence-electron chi connectivity index (χ2n) is 5.55. The number of carbonyl (C=O) groups is 2. The van der Waals surface area contributed by atoms with Gasteiger partial charge in [0.05, 0.1) is 0 Å². The van der Waals surface area contributed by atoms with E-state index in [2.05, 4.69) is 13.2 Å². The Morgan fingerprint density at radius 3 is 1.44 bits per heavy atom. The van der Waals surface area contributed by atoms with Crippen molar-refractivity contribution in [2.24, 2.45) is 0 Å². The van der Waals surface area contributed by atoms with Crippen LogP contribution in [0.15, 0.2) is 86.0 Å². The third-order valence-corrected chi connectivity index (χ3v) is 3.59. The SMILES string of the molecule is C=CCOC(=O)C(OC(C(=O)OCC=C)c1ccccc1)c1ccccc1. The van der Waals surface area contributed by atoms with Crippen molar-refractivity contribution in [3.8, 4) is 0 Å². The molecule has 2 aromatic rings. The lowest BCUT2D eigenvalue weighted by molar-refractivity contribution is -0.172. The lowest BCUT2D eigenvalue weighted by Gasteiger charge is -2.23. The van der Waals surface area contributed by atoms with Crippen LogP contribution in [0.1, 0.15) is 23.3 Å². The zero-order valence-corrected chi connectivity index (χ0v) is 15.0. The van der Waals surface area contributed by atoms with Crippen molar-refractivity contribution in [2.75, 3.05) is 13.2 Å². The van der Waals surface area contributed by atoms with Crippen molar-refractivity contribution in [3.05, 3.63) is 97.1 Å². The Balaban J connectivity index is 2.33. The lowest BCUT2D eigenvalue weighted by atomic mass is 10.1. The lowest BCUT2D eigenvalue weighted by Crippen LogP contribution is -2.26. The highest BCUT2D eigenvalue weighted by atomic mass is 16.6. The van der Waals surface area contributed by atoms with Crippen molar-refractivity contribution in [3.63, 3.8) is 0 Å². The van der Waals surface area contributed by atoms with Crippen LogP contribution in [0.25, 0.3) is 0 Å². The molecule has 0 fully saturated rings. The van der Waals surface area contributed by atoms with Gasteiger partial charge in [-0.25, -0.2) is 9.59 Å². The van der Waals surface area contributed by atoms with Gasteiger partial charge in [-0.05, 0) is 11.1 Å². The summed E-state index contributed by atoms with van der Waals surface area (Å²) in [5.74, 6) is -1.22. The third-order valence-electron chi connectivity index (χ3n) is 3.59. The van der Waals surface area contributed by atoms with Crippen LogP contribution >= 0.6 is 0 Å². The van der Waals surface area contributed by atoms with Gasteiger partial charge in [-0.1, -0.05) is 86.0 Å². The molecule has 0 aliphatic rings. The number of carbonyl (C=O) groups excluding carboxylic acids is 2. The Bertz CT molecular complexity index is 689. The van der Waals surface area contributed by atoms with Gasteiger partial charge < -0.3 is 14.2 Å². The van der Waals surface area contributed by atoms with Crippen molar-refractivity contribution in [2.45, 2.75) is 12.2 Å². The molecule has 0 radical (unpaired) electrons. The molecular formula is C22H22O5. The van der Waals surface area contributed by atoms with E-state index in [0.29, 0.717) is 11.1 Å². The molecule has 2 unspecified atom stereocenters. The molecule has 0 spiro atoms. The number of hydrogen-bond acceptors (Lipinski definition) is 5. The zero-order chi connectivity index (χ0) is 19.5. The molecule has 0 aromatic heterocycles. The molecule has 0 heterocycles. The maximum absolute atomic E-state index is 12.5. The summed E-state index contributed by atoms with van der Waals surface area (Å²) < 4.78 is 16.2. The zero-order valence-electron chi connectivity index (χ0n) is 15.0. The predicted molar refractivity (Wildman–Crippen MR) is 102 cm³/mol. The van der Waals surface area contributed by atoms with Gasteiger partial charge in [0, 0.05) is 0 Å². The van der Waals surface area contributed by atoms with Crippen molar-refractivity contribution in [1.29, 1.82) is 0 Å². The molecule has 0 N–H and O–H groups in total. The Morgan fingerprint density at radius 1 is 0.741 bits per heavy atom. The summed E-state index contributed by atoms with van der Waals surface area (Å²) in [5.41, 5.74) is 1.15. The summed E-state index contributed by atoms with van der Waals surface area (Å²) >= 11 is 0. The quantitative estimate of drug-likeness (QED) is 0.471. The average molecular weight is 366 g/mol. The normalized spacial score (nSPS) is 12.4. The molecule has 0 bridgehead atoms. The molecule has 0 amide bonds. The van der Waals surface area contributed by atoms with Crippen molar-refractivity contribution >= 4 is 11.9 Å². The summed E-state index contributed by atoms with van der Waals surface area (Å²) in [6.07, 6.45) is 0.750. The highest BCUT2D eigenvalue weighted by molar-refractivity contribution is 5.79. The van der Waals surface area contributed by atoms with Crippen molar-refractivity contribution in [1.82, 2.24) is 0 Å². The summed E-state index contributed by atoms with van der Waals surface area (Å²) in [6.45, 7) is 7.16. The Hall–Kier alpha value is -3.18. The van der Waals surface area contributed by atoms with Gasteiger partial charge >= 0.3 is 11.9 Å². The molecule has 140 valence electrons. The second kappa shape index (κ2) is 10.7. The Labute approximate surface area is 158 Å². The first-order valence-corrected chi connectivity index (χ1v) is 8.47. The van der Waals surface area contributed by atoms with Gasteiger partial charge in [-0.2, -0.15) is 0 Å². The molecule has 2 rings (SSSR count). The standard InChI is InChI=1S/C22H22O5/c1-3-15-25-21(23)19(17-11-7-5-8-12-17)27-20(22(24)26-16-4-2)18-13-9-6-10-14-18/h3-14,19-20H,1-2,15-16H2. The minimum Gasteiger partial charge on any atom is -0.459 e. The van der Waals surface area contributed by atoms with Gasteiger partial charge in [0.25, 0.3) is 0 Å². The van der Waals surface area contributed by atoms with Crippen LogP contribution in [-0.2, 0) is 23.8 Å². The summed E-state index contributed by atoms with van der Waals surface area (Å²) in [6, 6.07) is 17.7. The van der Waals surface area contributed by atoms with Crippen LogP contribution in [-0.4, -0.2) is 25.2 Å². The summed E-state index contributed by atoms with van der Waals surface area (Å²) in [5, 5.41) is 0. The molecule has 5 nitrogen and oxygen atoms in total. The molecule has 0 aliphatic carbocycles. The van der Waals surface area contributed by atoms with Crippen LogP contribution in [0.4, 0.5) is 0 Å². The number of rotatable bonds is 10. The monoisotopic (exact) mass is 366 g/mol. The van der Waals surface area contributed by atoms with E-state index in [-0.39, 0.29) is 13.2 Å². The van der Waals surface area contributed by atoms with E-state index in [1.807, 2.05) is 12.1 Å². The minimum atomic E-state index is -1.09. The molecule has 2 aromatic carbocycles. The summed E-state index contributed by atoms with van der Waals surface area (Å²) in [7, 11) is 0. The van der Waals surface area contributed by atoms with E-state index in [1.54, 1.807) is 48.5 Å². The van der Waals surface area contributed by atoms with Gasteiger partial charge in [0.15, 0.2) is 12.2 Å². The first-order valence-electron chi connectivity index (χ1n) is 8.47. The van der Waals surface area contributed by atoms with Crippen molar-refractivity contribution < 1.29 is 23.8 Å². The maximum Gasteiger partial charge on any atom is 0.340 e. The number of esters is 2. The first kappa shape index (κ1) is 20.1. The number of ether oxygens (including phenoxy) is 3. The fourth-order valence-electron chi connectivity index (χ4n) is 2.37. The molecule has 0 saturated carbocycles. The Morgan fingerprint density at radius 2 is 1.11 bits per heavy atom. The van der Waals surface area contributed by atoms with Gasteiger partial charge in [-0.15, -0.1) is 0 Å². The molecule has 27 heavy (non-hydrogen) atoms. The topological polar surface area (TPSA) is 61.8 Å². The molecule has 0 aliphatic heterocycles. The van der Waals surface area contributed by atoms with Crippen LogP contribution in [0.2, 0.25) is 0 Å². The Kier molecular flexibility index (Phi) is 8.00. The van der Waals surface area contributed by atoms with Crippen LogP contribution in [0.3, 0.4) is 0 Å². The van der Waals surface area contributed by atoms with Gasteiger partial charge in [0.1, 0.15) is 13.2 Å². The van der Waals surface area contributed by atoms with Gasteiger partial charge in [0.2, 0.25) is 0 Å². The van der Waals surface area contributed by atoms with Crippen LogP contribution in [0, 0.1) is 0 Å². The van der Waals surface area contributed by atoms with E-state index in [4.69, 9.17) is 14.2 Å². The van der Waals surface area contributed by atoms with E-state index in [1.165, 1.54) is 12.2 Å². The van der Waals surface area contributed by atoms with Crippen LogP contribution < -0.4 is 0 Å². The first-order chi connectivity index (χ1) is 13.2. The molecule has 5 heteroatoms. The average Bonchev–Trinajstić information content (AvgIpc) is 2.72. The second-order valence-corrected chi connectivity index (χ2v) is 5.55. The maximum atomic E-state index is 12.5. The summed E-state index contributed by atoms with van der Waals surface area (Å²) in [4.78, 5) is 25.1. The van der Waals surface area contributed by atoms with E-state index in [9.17, 15) is 9.59 Å². The van der Waals surface area contributed by atoms with E-state index >= 15 is 0 Å². The molecule has 0 saturated heterocycles. The highest BCUT2D eigenvalue weighted by Gasteiger charge is 2.32. The van der Waals surface area contributed by atoms with E-state index < -0.39 is 24.1 Å². The fraction of sp³-hybridized carbons (Fsp3) is 0.182. The van der Waals surface area contributed by atoms with Crippen LogP contribution in [0.5, 0.6) is 0 Å². The molecular weight excluding hydrogens is 344 g/mol. The fourth-order valence-corrected chi connectivity index (χ4v) is 2.37. The van der Waals surface area contributed by atoms with Gasteiger partial charge in [-0.3, -0.25) is 0 Å². The number of hydrogen-bond donors (Lipinski definition) is 0. The predicted octanol–water partition coefficient (Wildman–Crippen LogP) is 3.94. The molecule has 2 atom stereocenters. The number of benzene rings is 2. The smallest absolute Gasteiger partial charge is 0.340 e. The largest absolute Gasteiger partial charge is 0.459 e. The highest BCUT2D eigenvalue weighted by Crippen LogP contribution is 2.29. The third kappa shape index (κ3) is 5.94. The minimum absolute atomic E-state index is 0.0441.